The standard InChI is InChI=1S/C21H17N7O3/c1-21(13-5-4-6-14(9-13)28-12-23-25-26-28)19(30)27(20(31)24-21)11-18(29)16-10-22-17-8-3-2-7-15(16)17/h2-10,12,22H,11H2,1H3,(H,24,31). The van der Waals surface area contributed by atoms with Gasteiger partial charge in [0.2, 0.25) is 0 Å². The first-order valence-electron chi connectivity index (χ1n) is 9.55. The molecule has 4 aromatic rings. The summed E-state index contributed by atoms with van der Waals surface area (Å²) >= 11 is 0. The predicted molar refractivity (Wildman–Crippen MR) is 109 cm³/mol. The zero-order valence-corrected chi connectivity index (χ0v) is 16.4. The number of carbonyl (C=O) groups excluding carboxylic acids is 3. The first-order valence-corrected chi connectivity index (χ1v) is 9.55. The summed E-state index contributed by atoms with van der Waals surface area (Å²) in [6.07, 6.45) is 3.03. The van der Waals surface area contributed by atoms with E-state index in [-0.39, 0.29) is 12.3 Å². The number of H-pyrrole nitrogens is 1. The first-order chi connectivity index (χ1) is 15.0. The van der Waals surface area contributed by atoms with E-state index in [9.17, 15) is 14.4 Å². The maximum atomic E-state index is 13.2. The number of hydrogen-bond acceptors (Lipinski definition) is 6. The minimum atomic E-state index is -1.32. The van der Waals surface area contributed by atoms with Crippen molar-refractivity contribution in [3.63, 3.8) is 0 Å². The molecule has 1 unspecified atom stereocenters. The normalized spacial score (nSPS) is 18.5. The fourth-order valence-corrected chi connectivity index (χ4v) is 3.81. The minimum Gasteiger partial charge on any atom is -0.360 e. The van der Waals surface area contributed by atoms with Crippen molar-refractivity contribution in [2.45, 2.75) is 12.5 Å². The summed E-state index contributed by atoms with van der Waals surface area (Å²) in [5.74, 6) is -0.827. The van der Waals surface area contributed by atoms with Gasteiger partial charge < -0.3 is 10.3 Å². The summed E-state index contributed by atoms with van der Waals surface area (Å²) in [5.41, 5.74) is 1.12. The van der Waals surface area contributed by atoms with E-state index in [0.717, 1.165) is 15.8 Å². The Hall–Kier alpha value is -4.34. The van der Waals surface area contributed by atoms with Crippen LogP contribution in [0.4, 0.5) is 4.79 Å². The van der Waals surface area contributed by atoms with Crippen molar-refractivity contribution in [2.75, 3.05) is 6.54 Å². The zero-order valence-electron chi connectivity index (χ0n) is 16.4. The molecule has 2 aromatic heterocycles. The van der Waals surface area contributed by atoms with E-state index in [2.05, 4.69) is 25.8 Å². The van der Waals surface area contributed by atoms with Gasteiger partial charge >= 0.3 is 6.03 Å². The number of fused-ring (bicyclic) bond motifs is 1. The van der Waals surface area contributed by atoms with Crippen LogP contribution in [0.2, 0.25) is 0 Å². The van der Waals surface area contributed by atoms with Gasteiger partial charge in [0.05, 0.1) is 12.2 Å². The lowest BCUT2D eigenvalue weighted by Gasteiger charge is -2.22. The number of aromatic amines is 1. The van der Waals surface area contributed by atoms with Crippen LogP contribution in [-0.2, 0) is 10.3 Å². The smallest absolute Gasteiger partial charge is 0.325 e. The molecule has 1 atom stereocenters. The Morgan fingerprint density at radius 2 is 1.97 bits per heavy atom. The lowest BCUT2D eigenvalue weighted by Crippen LogP contribution is -2.41. The summed E-state index contributed by atoms with van der Waals surface area (Å²) < 4.78 is 1.45. The van der Waals surface area contributed by atoms with Gasteiger partial charge in [-0.15, -0.1) is 5.10 Å². The summed E-state index contributed by atoms with van der Waals surface area (Å²) in [4.78, 5) is 42.8. The van der Waals surface area contributed by atoms with Gasteiger partial charge in [0, 0.05) is 22.7 Å². The molecular formula is C21H17N7O3. The van der Waals surface area contributed by atoms with Gasteiger partial charge in [-0.1, -0.05) is 30.3 Å². The number of tetrazole rings is 1. The molecular weight excluding hydrogens is 398 g/mol. The molecule has 1 aliphatic heterocycles. The van der Waals surface area contributed by atoms with Crippen LogP contribution in [0, 0.1) is 0 Å². The van der Waals surface area contributed by atoms with Crippen molar-refractivity contribution in [3.8, 4) is 5.69 Å². The molecule has 1 saturated heterocycles. The summed E-state index contributed by atoms with van der Waals surface area (Å²) in [6, 6.07) is 13.7. The highest BCUT2D eigenvalue weighted by Gasteiger charge is 2.49. The van der Waals surface area contributed by atoms with Crippen LogP contribution >= 0.6 is 0 Å². The number of urea groups is 1. The number of rotatable bonds is 5. The summed E-state index contributed by atoms with van der Waals surface area (Å²) in [5, 5.41) is 14.5. The van der Waals surface area contributed by atoms with E-state index in [0.29, 0.717) is 16.8 Å². The van der Waals surface area contributed by atoms with Crippen molar-refractivity contribution in [2.24, 2.45) is 0 Å². The lowest BCUT2D eigenvalue weighted by molar-refractivity contribution is -0.130. The number of carbonyl (C=O) groups is 3. The lowest BCUT2D eigenvalue weighted by atomic mass is 9.91. The first kappa shape index (κ1) is 18.7. The highest BCUT2D eigenvalue weighted by atomic mass is 16.2. The topological polar surface area (TPSA) is 126 Å². The van der Waals surface area contributed by atoms with Gasteiger partial charge in [0.25, 0.3) is 5.91 Å². The molecule has 0 spiro atoms. The zero-order chi connectivity index (χ0) is 21.6. The predicted octanol–water partition coefficient (Wildman–Crippen LogP) is 1.79. The van der Waals surface area contributed by atoms with Gasteiger partial charge in [0.15, 0.2) is 5.78 Å². The van der Waals surface area contributed by atoms with Crippen LogP contribution in [-0.4, -0.2) is 54.4 Å². The Balaban J connectivity index is 1.43. The average Bonchev–Trinajstić information content (AvgIpc) is 3.50. The maximum Gasteiger partial charge on any atom is 0.325 e. The molecule has 2 aromatic carbocycles. The van der Waals surface area contributed by atoms with E-state index in [1.807, 2.05) is 24.3 Å². The van der Waals surface area contributed by atoms with Crippen LogP contribution in [0.15, 0.2) is 61.1 Å². The SMILES string of the molecule is CC1(c2cccc(-n3cnnn3)c2)NC(=O)N(CC(=O)c2c[nH]c3ccccc23)C1=O. The minimum absolute atomic E-state index is 0.326. The molecule has 3 amide bonds. The molecule has 0 aliphatic carbocycles. The highest BCUT2D eigenvalue weighted by molar-refractivity contribution is 6.14. The second-order valence-corrected chi connectivity index (χ2v) is 7.42. The van der Waals surface area contributed by atoms with Gasteiger partial charge in [0.1, 0.15) is 11.9 Å². The molecule has 1 fully saturated rings. The van der Waals surface area contributed by atoms with Crippen molar-refractivity contribution in [1.82, 2.24) is 35.4 Å². The number of para-hydroxylation sites is 1. The Kier molecular flexibility index (Phi) is 4.14. The Morgan fingerprint density at radius 3 is 2.77 bits per heavy atom. The third kappa shape index (κ3) is 2.96. The number of nitrogens with zero attached hydrogens (tertiary/aromatic N) is 5. The van der Waals surface area contributed by atoms with Crippen molar-refractivity contribution in [1.29, 1.82) is 0 Å². The van der Waals surface area contributed by atoms with E-state index < -0.39 is 17.5 Å². The number of Topliss-reactive ketones (excluding diaryl/α,β-unsaturated/α-hetero) is 1. The Bertz CT molecular complexity index is 1330. The second-order valence-electron chi connectivity index (χ2n) is 7.42. The molecule has 31 heavy (non-hydrogen) atoms. The maximum absolute atomic E-state index is 13.2. The van der Waals surface area contributed by atoms with E-state index in [1.165, 1.54) is 11.0 Å². The van der Waals surface area contributed by atoms with E-state index in [4.69, 9.17) is 0 Å². The third-order valence-electron chi connectivity index (χ3n) is 5.50. The van der Waals surface area contributed by atoms with Gasteiger partial charge in [-0.3, -0.25) is 14.5 Å². The largest absolute Gasteiger partial charge is 0.360 e. The second kappa shape index (κ2) is 6.87. The fraction of sp³-hybridized carbons (Fsp3) is 0.143. The number of hydrogen-bond donors (Lipinski definition) is 2. The molecule has 0 saturated carbocycles. The Labute approximate surface area is 175 Å². The van der Waals surface area contributed by atoms with Crippen molar-refractivity contribution in [3.05, 3.63) is 72.2 Å². The molecule has 0 bridgehead atoms. The average molecular weight is 415 g/mol. The van der Waals surface area contributed by atoms with Gasteiger partial charge in [-0.05, 0) is 41.1 Å². The molecule has 3 heterocycles. The molecule has 10 heteroatoms. The quantitative estimate of drug-likeness (QED) is 0.378. The Morgan fingerprint density at radius 1 is 1.13 bits per heavy atom. The number of aromatic nitrogens is 5. The number of benzene rings is 2. The summed E-state index contributed by atoms with van der Waals surface area (Å²) in [6.45, 7) is 1.26. The number of ketones is 1. The van der Waals surface area contributed by atoms with Crippen LogP contribution < -0.4 is 5.32 Å². The number of amides is 3. The van der Waals surface area contributed by atoms with E-state index in [1.54, 1.807) is 37.4 Å². The monoisotopic (exact) mass is 415 g/mol. The highest BCUT2D eigenvalue weighted by Crippen LogP contribution is 2.30. The van der Waals surface area contributed by atoms with E-state index >= 15 is 0 Å². The molecule has 154 valence electrons. The van der Waals surface area contributed by atoms with Gasteiger partial charge in [-0.25, -0.2) is 9.48 Å². The molecule has 2 N–H and O–H groups in total. The molecule has 1 aliphatic rings. The molecule has 10 nitrogen and oxygen atoms in total. The van der Waals surface area contributed by atoms with Crippen LogP contribution in [0.1, 0.15) is 22.8 Å². The molecule has 5 rings (SSSR count). The van der Waals surface area contributed by atoms with Crippen LogP contribution in [0.5, 0.6) is 0 Å². The third-order valence-corrected chi connectivity index (χ3v) is 5.50. The van der Waals surface area contributed by atoms with Gasteiger partial charge in [-0.2, -0.15) is 0 Å². The summed E-state index contributed by atoms with van der Waals surface area (Å²) in [7, 11) is 0. The molecule has 0 radical (unpaired) electrons. The fourth-order valence-electron chi connectivity index (χ4n) is 3.81. The number of nitrogens with one attached hydrogen (secondary N) is 2. The van der Waals surface area contributed by atoms with Crippen LogP contribution in [0.3, 0.4) is 0 Å². The van der Waals surface area contributed by atoms with Crippen LogP contribution in [0.25, 0.3) is 16.6 Å². The van der Waals surface area contributed by atoms with Crippen molar-refractivity contribution < 1.29 is 14.4 Å². The van der Waals surface area contributed by atoms with Crippen molar-refractivity contribution >= 4 is 28.6 Å². The number of imide groups is 1.